The molecule has 0 saturated carbocycles. The quantitative estimate of drug-likeness (QED) is 0.331. The number of carbonyl (C=O) groups is 1. The molecule has 0 spiro atoms. The second-order valence-corrected chi connectivity index (χ2v) is 12.8. The molecule has 2 nitrogen and oxygen atoms in total. The summed E-state index contributed by atoms with van der Waals surface area (Å²) < 4.78 is 6.16. The standard InChI is InChI=1S/C17H26Cl2O2Si/c1-17(2,3)22(4,5)21-9-7-6-8-13-10-16(19)14(12-20)11-15(13)18/h10-12H,6-9H2,1-5H3. The highest BCUT2D eigenvalue weighted by Gasteiger charge is 2.36. The van der Waals surface area contributed by atoms with Crippen molar-refractivity contribution < 1.29 is 9.22 Å². The van der Waals surface area contributed by atoms with Gasteiger partial charge in [0.2, 0.25) is 0 Å². The van der Waals surface area contributed by atoms with Crippen LogP contribution < -0.4 is 0 Å². The van der Waals surface area contributed by atoms with Crippen LogP contribution >= 0.6 is 23.2 Å². The highest BCUT2D eigenvalue weighted by molar-refractivity contribution is 6.74. The highest BCUT2D eigenvalue weighted by Crippen LogP contribution is 2.36. The molecule has 0 aliphatic rings. The number of hydrogen-bond acceptors (Lipinski definition) is 2. The van der Waals surface area contributed by atoms with Crippen LogP contribution in [0.2, 0.25) is 28.2 Å². The second kappa shape index (κ2) is 7.96. The topological polar surface area (TPSA) is 26.3 Å². The third-order valence-electron chi connectivity index (χ3n) is 4.40. The molecule has 5 heteroatoms. The number of unbranched alkanes of at least 4 members (excludes halogenated alkanes) is 1. The molecule has 0 radical (unpaired) electrons. The third kappa shape index (κ3) is 5.38. The number of aryl methyl sites for hydroxylation is 1. The van der Waals surface area contributed by atoms with Crippen molar-refractivity contribution >= 4 is 37.8 Å². The number of hydrogen-bond donors (Lipinski definition) is 0. The molecule has 0 bridgehead atoms. The lowest BCUT2D eigenvalue weighted by Crippen LogP contribution is -2.40. The first-order chi connectivity index (χ1) is 10.1. The van der Waals surface area contributed by atoms with Crippen LogP contribution in [0.3, 0.4) is 0 Å². The number of halogens is 2. The summed E-state index contributed by atoms with van der Waals surface area (Å²) in [6.45, 7) is 12.1. The first-order valence-electron chi connectivity index (χ1n) is 7.65. The van der Waals surface area contributed by atoms with Crippen molar-refractivity contribution in [1.29, 1.82) is 0 Å². The van der Waals surface area contributed by atoms with Gasteiger partial charge in [-0.2, -0.15) is 0 Å². The molecular formula is C17H26Cl2O2Si. The van der Waals surface area contributed by atoms with Crippen LogP contribution in [-0.2, 0) is 10.8 Å². The fourth-order valence-electron chi connectivity index (χ4n) is 1.85. The Bertz CT molecular complexity index is 522. The van der Waals surface area contributed by atoms with Gasteiger partial charge in [0.15, 0.2) is 14.6 Å². The van der Waals surface area contributed by atoms with Gasteiger partial charge in [0.25, 0.3) is 0 Å². The van der Waals surface area contributed by atoms with Gasteiger partial charge in [-0.3, -0.25) is 4.79 Å². The summed E-state index contributed by atoms with van der Waals surface area (Å²) in [5, 5.41) is 1.32. The minimum atomic E-state index is -1.65. The monoisotopic (exact) mass is 360 g/mol. The Hall–Kier alpha value is -0.353. The van der Waals surface area contributed by atoms with Gasteiger partial charge >= 0.3 is 0 Å². The molecule has 0 N–H and O–H groups in total. The Labute approximate surface area is 145 Å². The fraction of sp³-hybridized carbons (Fsp3) is 0.588. The zero-order chi connectivity index (χ0) is 17.0. The van der Waals surface area contributed by atoms with Crippen LogP contribution in [-0.4, -0.2) is 21.2 Å². The summed E-state index contributed by atoms with van der Waals surface area (Å²) >= 11 is 12.2. The van der Waals surface area contributed by atoms with Crippen LogP contribution in [0.5, 0.6) is 0 Å². The predicted octanol–water partition coefficient (Wildman–Crippen LogP) is 6.15. The van der Waals surface area contributed by atoms with Crippen LogP contribution in [0.25, 0.3) is 0 Å². The Morgan fingerprint density at radius 2 is 1.77 bits per heavy atom. The summed E-state index contributed by atoms with van der Waals surface area (Å²) in [6, 6.07) is 3.43. The minimum Gasteiger partial charge on any atom is -0.417 e. The lowest BCUT2D eigenvalue weighted by molar-refractivity contribution is 0.112. The molecule has 0 heterocycles. The van der Waals surface area contributed by atoms with Crippen molar-refractivity contribution in [2.24, 2.45) is 0 Å². The minimum absolute atomic E-state index is 0.245. The Balaban J connectivity index is 2.46. The zero-order valence-electron chi connectivity index (χ0n) is 14.1. The lowest BCUT2D eigenvalue weighted by atomic mass is 10.1. The summed E-state index contributed by atoms with van der Waals surface area (Å²) in [6.07, 6.45) is 3.56. The van der Waals surface area contributed by atoms with Gasteiger partial charge in [-0.25, -0.2) is 0 Å². The van der Waals surface area contributed by atoms with E-state index in [2.05, 4.69) is 33.9 Å². The van der Waals surface area contributed by atoms with E-state index in [0.29, 0.717) is 15.6 Å². The molecule has 0 unspecified atom stereocenters. The average molecular weight is 361 g/mol. The Kier molecular flexibility index (Phi) is 7.12. The molecule has 0 saturated heterocycles. The molecule has 0 aliphatic heterocycles. The summed E-state index contributed by atoms with van der Waals surface area (Å²) in [4.78, 5) is 10.8. The molecule has 0 amide bonds. The SMILES string of the molecule is CC(C)(C)[Si](C)(C)OCCCCc1cc(Cl)c(C=O)cc1Cl. The van der Waals surface area contributed by atoms with Crippen LogP contribution in [0.1, 0.15) is 49.5 Å². The lowest BCUT2D eigenvalue weighted by Gasteiger charge is -2.36. The number of benzene rings is 1. The van der Waals surface area contributed by atoms with Crippen molar-refractivity contribution in [3.63, 3.8) is 0 Å². The number of carbonyl (C=O) groups excluding carboxylic acids is 1. The second-order valence-electron chi connectivity index (χ2n) is 7.15. The Morgan fingerprint density at radius 1 is 1.14 bits per heavy atom. The third-order valence-corrected chi connectivity index (χ3v) is 9.62. The highest BCUT2D eigenvalue weighted by atomic mass is 35.5. The molecular weight excluding hydrogens is 335 g/mol. The van der Waals surface area contributed by atoms with Gasteiger partial charge < -0.3 is 4.43 Å². The molecule has 1 rings (SSSR count). The van der Waals surface area contributed by atoms with E-state index in [1.165, 1.54) is 0 Å². The van der Waals surface area contributed by atoms with Crippen molar-refractivity contribution in [2.45, 2.75) is 58.2 Å². The van der Waals surface area contributed by atoms with Crippen molar-refractivity contribution in [3.05, 3.63) is 33.3 Å². The predicted molar refractivity (Wildman–Crippen MR) is 97.9 cm³/mol. The molecule has 0 fully saturated rings. The summed E-state index contributed by atoms with van der Waals surface area (Å²) in [5.74, 6) is 0. The largest absolute Gasteiger partial charge is 0.417 e. The number of aldehydes is 1. The van der Waals surface area contributed by atoms with E-state index in [9.17, 15) is 4.79 Å². The van der Waals surface area contributed by atoms with Gasteiger partial charge in [0.05, 0.1) is 5.02 Å². The smallest absolute Gasteiger partial charge is 0.191 e. The van der Waals surface area contributed by atoms with Crippen LogP contribution in [0.15, 0.2) is 12.1 Å². The first-order valence-corrected chi connectivity index (χ1v) is 11.3. The van der Waals surface area contributed by atoms with Crippen LogP contribution in [0, 0.1) is 0 Å². The Morgan fingerprint density at radius 3 is 2.32 bits per heavy atom. The van der Waals surface area contributed by atoms with Crippen LogP contribution in [0.4, 0.5) is 0 Å². The van der Waals surface area contributed by atoms with E-state index in [0.717, 1.165) is 37.7 Å². The number of rotatable bonds is 7. The summed E-state index contributed by atoms with van der Waals surface area (Å²) in [5.41, 5.74) is 1.43. The molecule has 1 aromatic rings. The van der Waals surface area contributed by atoms with E-state index in [1.54, 1.807) is 12.1 Å². The maximum atomic E-state index is 10.8. The molecule has 0 aromatic heterocycles. The average Bonchev–Trinajstić information content (AvgIpc) is 2.40. The van der Waals surface area contributed by atoms with E-state index in [1.807, 2.05) is 0 Å². The maximum Gasteiger partial charge on any atom is 0.191 e. The summed E-state index contributed by atoms with van der Waals surface area (Å²) in [7, 11) is -1.65. The van der Waals surface area contributed by atoms with E-state index < -0.39 is 8.32 Å². The van der Waals surface area contributed by atoms with Gasteiger partial charge in [0, 0.05) is 17.2 Å². The van der Waals surface area contributed by atoms with Crippen molar-refractivity contribution in [1.82, 2.24) is 0 Å². The van der Waals surface area contributed by atoms with Gasteiger partial charge in [-0.15, -0.1) is 0 Å². The molecule has 0 atom stereocenters. The van der Waals surface area contributed by atoms with Gasteiger partial charge in [-0.05, 0) is 55.1 Å². The maximum absolute atomic E-state index is 10.8. The zero-order valence-corrected chi connectivity index (χ0v) is 16.6. The molecule has 22 heavy (non-hydrogen) atoms. The van der Waals surface area contributed by atoms with E-state index in [4.69, 9.17) is 27.6 Å². The van der Waals surface area contributed by atoms with Gasteiger partial charge in [0.1, 0.15) is 0 Å². The van der Waals surface area contributed by atoms with E-state index in [-0.39, 0.29) is 5.04 Å². The van der Waals surface area contributed by atoms with Crippen molar-refractivity contribution in [3.8, 4) is 0 Å². The molecule has 1 aromatic carbocycles. The molecule has 124 valence electrons. The normalized spacial score (nSPS) is 12.5. The first kappa shape index (κ1) is 19.7. The van der Waals surface area contributed by atoms with E-state index >= 15 is 0 Å². The molecule has 0 aliphatic carbocycles. The van der Waals surface area contributed by atoms with Crippen molar-refractivity contribution in [2.75, 3.05) is 6.61 Å². The van der Waals surface area contributed by atoms with Gasteiger partial charge in [-0.1, -0.05) is 44.0 Å². The fourth-order valence-corrected chi connectivity index (χ4v) is 3.43.